The number of carbonyl (C=O) groups is 2. The quantitative estimate of drug-likeness (QED) is 0.746. The molecule has 0 aliphatic rings. The number of hydrogen-bond donors (Lipinski definition) is 2. The standard InChI is InChI=1S/C10H12BrNO3S2/c11-8-2-1-7(17-8)5-9(13)12-3-4-16-6-10(14)15/h1-2H,3-6H2,(H,12,13)(H,14,15). The normalized spacial score (nSPS) is 10.2. The largest absolute Gasteiger partial charge is 0.481 e. The third-order valence-electron chi connectivity index (χ3n) is 1.76. The van der Waals surface area contributed by atoms with E-state index in [0.29, 0.717) is 18.7 Å². The van der Waals surface area contributed by atoms with Crippen LogP contribution >= 0.6 is 39.0 Å². The highest BCUT2D eigenvalue weighted by molar-refractivity contribution is 9.11. The number of hydrogen-bond acceptors (Lipinski definition) is 4. The van der Waals surface area contributed by atoms with Crippen LogP contribution in [0.15, 0.2) is 15.9 Å². The number of amides is 1. The molecule has 0 aliphatic heterocycles. The van der Waals surface area contributed by atoms with Gasteiger partial charge in [-0.1, -0.05) is 0 Å². The minimum Gasteiger partial charge on any atom is -0.481 e. The maximum atomic E-state index is 11.5. The zero-order valence-electron chi connectivity index (χ0n) is 8.94. The molecule has 0 saturated heterocycles. The lowest BCUT2D eigenvalue weighted by Gasteiger charge is -2.03. The molecule has 94 valence electrons. The van der Waals surface area contributed by atoms with Crippen LogP contribution in [-0.4, -0.2) is 35.0 Å². The van der Waals surface area contributed by atoms with Crippen molar-refractivity contribution in [2.24, 2.45) is 0 Å². The van der Waals surface area contributed by atoms with E-state index >= 15 is 0 Å². The zero-order chi connectivity index (χ0) is 12.7. The number of carboxylic acids is 1. The van der Waals surface area contributed by atoms with Crippen LogP contribution < -0.4 is 5.32 Å². The molecule has 0 saturated carbocycles. The molecule has 0 spiro atoms. The van der Waals surface area contributed by atoms with Crippen molar-refractivity contribution < 1.29 is 14.7 Å². The second kappa shape index (κ2) is 7.73. The maximum absolute atomic E-state index is 11.5. The van der Waals surface area contributed by atoms with E-state index in [0.717, 1.165) is 8.66 Å². The zero-order valence-corrected chi connectivity index (χ0v) is 12.2. The molecule has 1 rings (SSSR count). The lowest BCUT2D eigenvalue weighted by molar-refractivity contribution is -0.133. The van der Waals surface area contributed by atoms with Crippen LogP contribution in [0.25, 0.3) is 0 Å². The fraction of sp³-hybridized carbons (Fsp3) is 0.400. The number of thioether (sulfide) groups is 1. The molecule has 1 amide bonds. The third kappa shape index (κ3) is 6.70. The first-order valence-corrected chi connectivity index (χ1v) is 7.65. The minimum atomic E-state index is -0.829. The first kappa shape index (κ1) is 14.5. The Morgan fingerprint density at radius 3 is 2.82 bits per heavy atom. The van der Waals surface area contributed by atoms with Gasteiger partial charge in [-0.2, -0.15) is 0 Å². The van der Waals surface area contributed by atoms with Crippen LogP contribution in [-0.2, 0) is 16.0 Å². The molecule has 0 atom stereocenters. The van der Waals surface area contributed by atoms with Gasteiger partial charge >= 0.3 is 5.97 Å². The van der Waals surface area contributed by atoms with Crippen LogP contribution in [0.4, 0.5) is 0 Å². The van der Waals surface area contributed by atoms with Crippen molar-refractivity contribution in [1.82, 2.24) is 5.32 Å². The van der Waals surface area contributed by atoms with Gasteiger partial charge < -0.3 is 10.4 Å². The number of thiophene rings is 1. The van der Waals surface area contributed by atoms with Gasteiger partial charge in [0.2, 0.25) is 5.91 Å². The van der Waals surface area contributed by atoms with Gasteiger partial charge in [0.15, 0.2) is 0 Å². The first-order valence-electron chi connectivity index (χ1n) is 4.88. The van der Waals surface area contributed by atoms with Crippen molar-refractivity contribution in [1.29, 1.82) is 0 Å². The van der Waals surface area contributed by atoms with Crippen LogP contribution in [0, 0.1) is 0 Å². The van der Waals surface area contributed by atoms with Crippen molar-refractivity contribution in [2.75, 3.05) is 18.1 Å². The van der Waals surface area contributed by atoms with Gasteiger partial charge in [-0.05, 0) is 28.1 Å². The van der Waals surface area contributed by atoms with Gasteiger partial charge in [0.25, 0.3) is 0 Å². The van der Waals surface area contributed by atoms with Crippen LogP contribution in [0.2, 0.25) is 0 Å². The number of aliphatic carboxylic acids is 1. The van der Waals surface area contributed by atoms with Gasteiger partial charge in [-0.3, -0.25) is 9.59 Å². The number of carbonyl (C=O) groups excluding carboxylic acids is 1. The predicted octanol–water partition coefficient (Wildman–Crippen LogP) is 1.99. The molecule has 0 aliphatic carbocycles. The molecule has 1 aromatic heterocycles. The topological polar surface area (TPSA) is 66.4 Å². The Morgan fingerprint density at radius 1 is 1.47 bits per heavy atom. The molecule has 7 heteroatoms. The molecule has 0 fully saturated rings. The predicted molar refractivity (Wildman–Crippen MR) is 73.7 cm³/mol. The van der Waals surface area contributed by atoms with E-state index < -0.39 is 5.97 Å². The summed E-state index contributed by atoms with van der Waals surface area (Å²) in [5.74, 6) is -0.167. The average molecular weight is 338 g/mol. The van der Waals surface area contributed by atoms with Crippen LogP contribution in [0.5, 0.6) is 0 Å². The molecule has 2 N–H and O–H groups in total. The van der Waals surface area contributed by atoms with Gasteiger partial charge in [-0.25, -0.2) is 0 Å². The van der Waals surface area contributed by atoms with Crippen molar-refractivity contribution in [3.8, 4) is 0 Å². The van der Waals surface area contributed by atoms with Crippen LogP contribution in [0.1, 0.15) is 4.88 Å². The third-order valence-corrected chi connectivity index (χ3v) is 4.33. The highest BCUT2D eigenvalue weighted by atomic mass is 79.9. The van der Waals surface area contributed by atoms with Gasteiger partial charge in [0.1, 0.15) is 0 Å². The Kier molecular flexibility index (Phi) is 6.61. The molecule has 1 heterocycles. The van der Waals surface area contributed by atoms with Crippen LogP contribution in [0.3, 0.4) is 0 Å². The summed E-state index contributed by atoms with van der Waals surface area (Å²) in [6, 6.07) is 3.82. The second-order valence-corrected chi connectivity index (χ2v) is 6.83. The second-order valence-electron chi connectivity index (χ2n) is 3.18. The van der Waals surface area contributed by atoms with Gasteiger partial charge in [0.05, 0.1) is 16.0 Å². The van der Waals surface area contributed by atoms with Gasteiger partial charge in [-0.15, -0.1) is 23.1 Å². The number of nitrogens with one attached hydrogen (secondary N) is 1. The van der Waals surface area contributed by atoms with Crippen molar-refractivity contribution in [3.05, 3.63) is 20.8 Å². The van der Waals surface area contributed by atoms with Gasteiger partial charge in [0, 0.05) is 17.2 Å². The molecular formula is C10H12BrNO3S2. The summed E-state index contributed by atoms with van der Waals surface area (Å²) in [6.07, 6.45) is 0.375. The number of halogens is 1. The average Bonchev–Trinajstić information content (AvgIpc) is 2.63. The minimum absolute atomic E-state index is 0.0322. The highest BCUT2D eigenvalue weighted by Gasteiger charge is 2.05. The molecule has 4 nitrogen and oxygen atoms in total. The monoisotopic (exact) mass is 337 g/mol. The summed E-state index contributed by atoms with van der Waals surface area (Å²) in [7, 11) is 0. The molecule has 1 aromatic rings. The van der Waals surface area contributed by atoms with E-state index in [9.17, 15) is 9.59 Å². The summed E-state index contributed by atoms with van der Waals surface area (Å²) in [6.45, 7) is 0.503. The van der Waals surface area contributed by atoms with E-state index in [1.165, 1.54) is 23.1 Å². The summed E-state index contributed by atoms with van der Waals surface area (Å²) in [4.78, 5) is 22.7. The van der Waals surface area contributed by atoms with E-state index in [1.54, 1.807) is 0 Å². The molecular weight excluding hydrogens is 326 g/mol. The first-order chi connectivity index (χ1) is 8.08. The molecule has 0 radical (unpaired) electrons. The molecule has 0 bridgehead atoms. The van der Waals surface area contributed by atoms with E-state index in [2.05, 4.69) is 21.2 Å². The molecule has 17 heavy (non-hydrogen) atoms. The Labute approximate surface area is 116 Å². The van der Waals surface area contributed by atoms with Crippen molar-refractivity contribution in [3.63, 3.8) is 0 Å². The fourth-order valence-corrected chi connectivity index (χ4v) is 3.14. The molecule has 0 aromatic carbocycles. The highest BCUT2D eigenvalue weighted by Crippen LogP contribution is 2.22. The summed E-state index contributed by atoms with van der Waals surface area (Å²) in [5.41, 5.74) is 0. The van der Waals surface area contributed by atoms with Crippen molar-refractivity contribution in [2.45, 2.75) is 6.42 Å². The summed E-state index contributed by atoms with van der Waals surface area (Å²) in [5, 5.41) is 11.2. The van der Waals surface area contributed by atoms with E-state index in [4.69, 9.17) is 5.11 Å². The summed E-state index contributed by atoms with van der Waals surface area (Å²) >= 11 is 6.17. The number of carboxylic acid groups (broad SMARTS) is 1. The fourth-order valence-electron chi connectivity index (χ4n) is 1.09. The number of rotatable bonds is 7. The maximum Gasteiger partial charge on any atom is 0.313 e. The Morgan fingerprint density at radius 2 is 2.24 bits per heavy atom. The lowest BCUT2D eigenvalue weighted by Crippen LogP contribution is -2.27. The Balaban J connectivity index is 2.11. The summed E-state index contributed by atoms with van der Waals surface area (Å²) < 4.78 is 1.01. The SMILES string of the molecule is O=C(O)CSCCNC(=O)Cc1ccc(Br)s1. The molecule has 0 unspecified atom stereocenters. The van der Waals surface area contributed by atoms with E-state index in [1.807, 2.05) is 12.1 Å². The Hall–Kier alpha value is -0.530. The van der Waals surface area contributed by atoms with E-state index in [-0.39, 0.29) is 11.7 Å². The Bertz CT molecular complexity index is 395. The lowest BCUT2D eigenvalue weighted by atomic mass is 10.3. The smallest absolute Gasteiger partial charge is 0.313 e. The van der Waals surface area contributed by atoms with Crippen molar-refractivity contribution >= 4 is 50.9 Å².